The normalized spacial score (nSPS) is 15.4. The second kappa shape index (κ2) is 10.8. The number of carbonyl (C=O) groups is 2. The van der Waals surface area contributed by atoms with Crippen molar-refractivity contribution < 1.29 is 18.7 Å². The molecule has 1 aliphatic rings. The van der Waals surface area contributed by atoms with Crippen molar-refractivity contribution >= 4 is 17.8 Å². The number of rotatable bonds is 8. The van der Waals surface area contributed by atoms with Gasteiger partial charge in [-0.2, -0.15) is 0 Å². The van der Waals surface area contributed by atoms with E-state index in [-0.39, 0.29) is 42.1 Å². The lowest BCUT2D eigenvalue weighted by atomic mass is 10.1. The highest BCUT2D eigenvalue weighted by Crippen LogP contribution is 2.25. The lowest BCUT2D eigenvalue weighted by molar-refractivity contribution is -0.139. The second-order valence-corrected chi connectivity index (χ2v) is 9.18. The van der Waals surface area contributed by atoms with Gasteiger partial charge in [0, 0.05) is 30.8 Å². The largest absolute Gasteiger partial charge is 0.376 e. The fourth-order valence-electron chi connectivity index (χ4n) is 4.11. The van der Waals surface area contributed by atoms with Gasteiger partial charge in [0.25, 0.3) is 0 Å². The van der Waals surface area contributed by atoms with Gasteiger partial charge >= 0.3 is 0 Å². The van der Waals surface area contributed by atoms with Crippen LogP contribution in [0.4, 0.5) is 10.3 Å². The van der Waals surface area contributed by atoms with Gasteiger partial charge in [-0.15, -0.1) is 0 Å². The van der Waals surface area contributed by atoms with Crippen molar-refractivity contribution in [3.05, 3.63) is 66.1 Å². The molecule has 0 bridgehead atoms. The molecule has 0 spiro atoms. The summed E-state index contributed by atoms with van der Waals surface area (Å²) >= 11 is 0. The van der Waals surface area contributed by atoms with Gasteiger partial charge < -0.3 is 9.64 Å². The van der Waals surface area contributed by atoms with Crippen LogP contribution in [0.2, 0.25) is 0 Å². The summed E-state index contributed by atoms with van der Waals surface area (Å²) in [7, 11) is 0. The van der Waals surface area contributed by atoms with Crippen LogP contribution < -0.4 is 5.32 Å². The number of hydrogen-bond acceptors (Lipinski definition) is 4. The molecule has 0 saturated carbocycles. The number of aryl methyl sites for hydroxylation is 1. The van der Waals surface area contributed by atoms with Crippen LogP contribution in [0.1, 0.15) is 32.3 Å². The van der Waals surface area contributed by atoms with E-state index in [4.69, 9.17) is 4.74 Å². The highest BCUT2D eigenvalue weighted by Gasteiger charge is 2.26. The molecular formula is C27H31FN4O3. The molecular weight excluding hydrogens is 447 g/mol. The summed E-state index contributed by atoms with van der Waals surface area (Å²) in [6, 6.07) is 14.4. The number of aromatic nitrogens is 2. The van der Waals surface area contributed by atoms with Crippen molar-refractivity contribution in [1.29, 1.82) is 0 Å². The van der Waals surface area contributed by atoms with E-state index in [1.165, 1.54) is 6.07 Å². The summed E-state index contributed by atoms with van der Waals surface area (Å²) in [4.78, 5) is 32.1. The number of nitrogens with zero attached hydrogens (tertiary/aromatic N) is 3. The third-order valence-electron chi connectivity index (χ3n) is 6.05. The molecule has 2 heterocycles. The lowest BCUT2D eigenvalue weighted by Gasteiger charge is -2.26. The second-order valence-electron chi connectivity index (χ2n) is 9.18. The lowest BCUT2D eigenvalue weighted by Crippen LogP contribution is -2.44. The Balaban J connectivity index is 1.60. The highest BCUT2D eigenvalue weighted by atomic mass is 19.1. The smallest absolute Gasteiger partial charge is 0.246 e. The quantitative estimate of drug-likeness (QED) is 0.514. The maximum absolute atomic E-state index is 14.3. The standard InChI is InChI=1S/C27H31FN4O3/c1-18(2)26(34)31(15-22-10-7-13-35-22)17-25(33)30-27-29-24(20-8-5-4-6-9-20)16-32(27)21-12-11-19(3)23(28)14-21/h4-6,8-9,11-12,14,16,18,22H,7,10,13,15,17H2,1-3H3,(H,29,30,33)/t22-/m0/s1. The van der Waals surface area contributed by atoms with Gasteiger partial charge in [-0.1, -0.05) is 50.2 Å². The Bertz CT molecular complexity index is 1190. The van der Waals surface area contributed by atoms with Crippen molar-refractivity contribution in [3.63, 3.8) is 0 Å². The SMILES string of the molecule is Cc1ccc(-n2cc(-c3ccccc3)nc2NC(=O)CN(C[C@@H]2CCCO2)C(=O)C(C)C)cc1F. The van der Waals surface area contributed by atoms with Crippen LogP contribution in [0.3, 0.4) is 0 Å². The van der Waals surface area contributed by atoms with Crippen molar-refractivity contribution in [1.82, 2.24) is 14.5 Å². The zero-order valence-electron chi connectivity index (χ0n) is 20.3. The Hall–Kier alpha value is -3.52. The summed E-state index contributed by atoms with van der Waals surface area (Å²) in [5.74, 6) is -0.821. The van der Waals surface area contributed by atoms with Crippen molar-refractivity contribution in [2.75, 3.05) is 25.0 Å². The average molecular weight is 479 g/mol. The molecule has 2 amide bonds. The molecule has 1 saturated heterocycles. The van der Waals surface area contributed by atoms with Crippen LogP contribution >= 0.6 is 0 Å². The van der Waals surface area contributed by atoms with Crippen LogP contribution in [-0.4, -0.2) is 52.1 Å². The van der Waals surface area contributed by atoms with Crippen molar-refractivity contribution in [2.24, 2.45) is 5.92 Å². The number of ether oxygens (including phenoxy) is 1. The summed E-state index contributed by atoms with van der Waals surface area (Å²) < 4.78 is 21.7. The number of anilines is 1. The molecule has 7 nitrogen and oxygen atoms in total. The van der Waals surface area contributed by atoms with Gasteiger partial charge in [0.1, 0.15) is 12.4 Å². The summed E-state index contributed by atoms with van der Waals surface area (Å²) in [5, 5.41) is 2.84. The number of benzene rings is 2. The van der Waals surface area contributed by atoms with Gasteiger partial charge in [0.2, 0.25) is 17.8 Å². The number of carbonyl (C=O) groups excluding carboxylic acids is 2. The molecule has 0 aliphatic carbocycles. The molecule has 1 atom stereocenters. The molecule has 184 valence electrons. The zero-order valence-corrected chi connectivity index (χ0v) is 20.3. The Morgan fingerprint density at radius 1 is 1.23 bits per heavy atom. The Kier molecular flexibility index (Phi) is 7.60. The molecule has 1 aromatic heterocycles. The van der Waals surface area contributed by atoms with E-state index in [1.807, 2.05) is 44.2 Å². The number of nitrogens with one attached hydrogen (secondary N) is 1. The maximum Gasteiger partial charge on any atom is 0.246 e. The van der Waals surface area contributed by atoms with Gasteiger partial charge in [-0.25, -0.2) is 9.37 Å². The summed E-state index contributed by atoms with van der Waals surface area (Å²) in [6.45, 7) is 6.25. The first-order valence-electron chi connectivity index (χ1n) is 11.9. The van der Waals surface area contributed by atoms with Crippen LogP contribution in [-0.2, 0) is 14.3 Å². The van der Waals surface area contributed by atoms with E-state index in [2.05, 4.69) is 10.3 Å². The van der Waals surface area contributed by atoms with E-state index in [1.54, 1.807) is 34.7 Å². The van der Waals surface area contributed by atoms with Crippen LogP contribution in [0, 0.1) is 18.7 Å². The third kappa shape index (κ3) is 5.95. The molecule has 1 N–H and O–H groups in total. The minimum Gasteiger partial charge on any atom is -0.376 e. The molecule has 2 aromatic carbocycles. The van der Waals surface area contributed by atoms with E-state index in [0.717, 1.165) is 18.4 Å². The van der Waals surface area contributed by atoms with E-state index in [0.29, 0.717) is 30.1 Å². The molecule has 1 aliphatic heterocycles. The van der Waals surface area contributed by atoms with Gasteiger partial charge in [0.05, 0.1) is 17.5 Å². The number of halogens is 1. The first kappa shape index (κ1) is 24.6. The summed E-state index contributed by atoms with van der Waals surface area (Å²) in [6.07, 6.45) is 3.52. The Labute approximate surface area is 204 Å². The summed E-state index contributed by atoms with van der Waals surface area (Å²) in [5.41, 5.74) is 2.56. The zero-order chi connectivity index (χ0) is 24.9. The predicted molar refractivity (Wildman–Crippen MR) is 133 cm³/mol. The molecule has 4 rings (SSSR count). The van der Waals surface area contributed by atoms with Gasteiger partial charge in [-0.3, -0.25) is 19.5 Å². The molecule has 0 radical (unpaired) electrons. The van der Waals surface area contributed by atoms with Crippen molar-refractivity contribution in [3.8, 4) is 16.9 Å². The number of imidazole rings is 1. The fraction of sp³-hybridized carbons (Fsp3) is 0.370. The van der Waals surface area contributed by atoms with Crippen LogP contribution in [0.15, 0.2) is 54.7 Å². The fourth-order valence-corrected chi connectivity index (χ4v) is 4.11. The minimum absolute atomic E-state index is 0.0623. The predicted octanol–water partition coefficient (Wildman–Crippen LogP) is 4.59. The Morgan fingerprint density at radius 3 is 2.66 bits per heavy atom. The number of hydrogen-bond donors (Lipinski definition) is 1. The van der Waals surface area contributed by atoms with Gasteiger partial charge in [-0.05, 0) is 37.5 Å². The molecule has 1 fully saturated rings. The molecule has 0 unspecified atom stereocenters. The van der Waals surface area contributed by atoms with E-state index < -0.39 is 0 Å². The van der Waals surface area contributed by atoms with Crippen molar-refractivity contribution in [2.45, 2.75) is 39.7 Å². The molecule has 8 heteroatoms. The average Bonchev–Trinajstić information content (AvgIpc) is 3.50. The van der Waals surface area contributed by atoms with E-state index in [9.17, 15) is 14.0 Å². The maximum atomic E-state index is 14.3. The molecule has 3 aromatic rings. The first-order chi connectivity index (χ1) is 16.8. The Morgan fingerprint density at radius 2 is 2.00 bits per heavy atom. The van der Waals surface area contributed by atoms with E-state index >= 15 is 0 Å². The third-order valence-corrected chi connectivity index (χ3v) is 6.05. The molecule has 35 heavy (non-hydrogen) atoms. The highest BCUT2D eigenvalue weighted by molar-refractivity contribution is 5.94. The monoisotopic (exact) mass is 478 g/mol. The van der Waals surface area contributed by atoms with Gasteiger partial charge in [0.15, 0.2) is 0 Å². The topological polar surface area (TPSA) is 76.5 Å². The van der Waals surface area contributed by atoms with Crippen LogP contribution in [0.25, 0.3) is 16.9 Å². The number of amides is 2. The first-order valence-corrected chi connectivity index (χ1v) is 11.9. The minimum atomic E-state index is -0.379. The van der Waals surface area contributed by atoms with Crippen LogP contribution in [0.5, 0.6) is 0 Å².